The number of aromatic nitrogens is 2. The molecule has 2 atom stereocenters. The lowest BCUT2D eigenvalue weighted by molar-refractivity contribution is -0.119. The van der Waals surface area contributed by atoms with Crippen molar-refractivity contribution in [3.63, 3.8) is 0 Å². The monoisotopic (exact) mass is 432 g/mol. The Morgan fingerprint density at radius 1 is 1.19 bits per heavy atom. The molecule has 0 spiro atoms. The molecule has 166 valence electrons. The van der Waals surface area contributed by atoms with Gasteiger partial charge in [-0.25, -0.2) is 4.98 Å². The number of piperidine rings is 1. The van der Waals surface area contributed by atoms with Crippen LogP contribution in [0.3, 0.4) is 0 Å². The molecule has 3 aromatic rings. The maximum absolute atomic E-state index is 13.7. The van der Waals surface area contributed by atoms with E-state index in [0.29, 0.717) is 28.7 Å². The molecule has 7 heteroatoms. The second kappa shape index (κ2) is 8.74. The number of benzene rings is 2. The summed E-state index contributed by atoms with van der Waals surface area (Å²) in [5.74, 6) is 0.396. The molecule has 2 heterocycles. The van der Waals surface area contributed by atoms with Crippen LogP contribution in [0.5, 0.6) is 0 Å². The van der Waals surface area contributed by atoms with Gasteiger partial charge in [0, 0.05) is 31.9 Å². The highest BCUT2D eigenvalue weighted by atomic mass is 16.5. The Balaban J connectivity index is 1.50. The van der Waals surface area contributed by atoms with Crippen LogP contribution in [0.4, 0.5) is 5.69 Å². The molecule has 1 saturated carbocycles. The molecule has 2 aromatic carbocycles. The minimum atomic E-state index is -0.256. The number of nitrogens with zero attached hydrogens (tertiary/aromatic N) is 3. The number of aryl methyl sites for hydroxylation is 2. The van der Waals surface area contributed by atoms with Crippen molar-refractivity contribution in [2.24, 2.45) is 5.92 Å². The minimum Gasteiger partial charge on any atom is -0.375 e. The van der Waals surface area contributed by atoms with Crippen molar-refractivity contribution >= 4 is 28.5 Å². The number of hydrogen-bond donors (Lipinski definition) is 1. The highest BCUT2D eigenvalue weighted by Crippen LogP contribution is 2.39. The Hall–Kier alpha value is -3.19. The van der Waals surface area contributed by atoms with Gasteiger partial charge in [-0.15, -0.1) is 0 Å². The molecule has 2 bridgehead atoms. The van der Waals surface area contributed by atoms with Crippen molar-refractivity contribution in [2.45, 2.75) is 38.3 Å². The van der Waals surface area contributed by atoms with Gasteiger partial charge >= 0.3 is 0 Å². The number of fused-ring (bicyclic) bond motifs is 3. The topological polar surface area (TPSA) is 76.5 Å². The number of hydrogen-bond acceptors (Lipinski definition) is 4. The van der Waals surface area contributed by atoms with E-state index in [9.17, 15) is 9.59 Å². The predicted molar refractivity (Wildman–Crippen MR) is 123 cm³/mol. The Morgan fingerprint density at radius 3 is 2.75 bits per heavy atom. The number of ether oxygens (including phenoxy) is 1. The van der Waals surface area contributed by atoms with Crippen molar-refractivity contribution in [3.8, 4) is 0 Å². The van der Waals surface area contributed by atoms with E-state index in [1.807, 2.05) is 29.2 Å². The normalized spacial score (nSPS) is 19.6. The van der Waals surface area contributed by atoms with E-state index in [1.54, 1.807) is 12.4 Å². The van der Waals surface area contributed by atoms with Crippen LogP contribution < -0.4 is 5.32 Å². The van der Waals surface area contributed by atoms with Crippen molar-refractivity contribution in [3.05, 3.63) is 59.9 Å². The number of rotatable bonds is 7. The molecule has 7 nitrogen and oxygen atoms in total. The molecule has 1 aliphatic heterocycles. The van der Waals surface area contributed by atoms with Gasteiger partial charge in [0.15, 0.2) is 0 Å². The first kappa shape index (κ1) is 20.7. The molecule has 2 fully saturated rings. The SMILES string of the molecule is COCC(=O)Nc1cc(C(=O)N2C[C@@H]3CC[C@H]2C3)c2c(c1)ncn2CCc1ccccc1. The molecule has 1 saturated heterocycles. The molecule has 2 aliphatic rings. The number of likely N-dealkylation sites (tertiary alicyclic amines) is 1. The first-order valence-electron chi connectivity index (χ1n) is 11.2. The number of nitrogens with one attached hydrogen (secondary N) is 1. The Bertz CT molecular complexity index is 1140. The van der Waals surface area contributed by atoms with E-state index < -0.39 is 0 Å². The average Bonchev–Trinajstić information content (AvgIpc) is 3.53. The lowest BCUT2D eigenvalue weighted by Crippen LogP contribution is -2.38. The van der Waals surface area contributed by atoms with Gasteiger partial charge in [-0.05, 0) is 49.3 Å². The molecule has 1 aliphatic carbocycles. The third-order valence-corrected chi connectivity index (χ3v) is 6.66. The fraction of sp³-hybridized carbons (Fsp3) is 0.400. The van der Waals surface area contributed by atoms with Crippen molar-refractivity contribution in [1.29, 1.82) is 0 Å². The maximum Gasteiger partial charge on any atom is 0.256 e. The molecule has 1 N–H and O–H groups in total. The van der Waals surface area contributed by atoms with E-state index in [2.05, 4.69) is 27.0 Å². The maximum atomic E-state index is 13.7. The van der Waals surface area contributed by atoms with Crippen LogP contribution in [0.2, 0.25) is 0 Å². The lowest BCUT2D eigenvalue weighted by atomic mass is 10.1. The number of amides is 2. The zero-order valence-electron chi connectivity index (χ0n) is 18.3. The first-order valence-corrected chi connectivity index (χ1v) is 11.2. The summed E-state index contributed by atoms with van der Waals surface area (Å²) >= 11 is 0. The van der Waals surface area contributed by atoms with Gasteiger partial charge in [0.05, 0.1) is 22.9 Å². The van der Waals surface area contributed by atoms with E-state index in [1.165, 1.54) is 19.1 Å². The largest absolute Gasteiger partial charge is 0.375 e. The van der Waals surface area contributed by atoms with Crippen LogP contribution in [0.25, 0.3) is 11.0 Å². The molecule has 1 aromatic heterocycles. The Labute approximate surface area is 187 Å². The third-order valence-electron chi connectivity index (χ3n) is 6.66. The summed E-state index contributed by atoms with van der Waals surface area (Å²) in [7, 11) is 1.48. The van der Waals surface area contributed by atoms with Gasteiger partial charge in [0.25, 0.3) is 5.91 Å². The molecule has 2 amide bonds. The zero-order valence-corrected chi connectivity index (χ0v) is 18.3. The quantitative estimate of drug-likeness (QED) is 0.620. The fourth-order valence-corrected chi connectivity index (χ4v) is 5.16. The fourth-order valence-electron chi connectivity index (χ4n) is 5.16. The van der Waals surface area contributed by atoms with Crippen LogP contribution >= 0.6 is 0 Å². The summed E-state index contributed by atoms with van der Waals surface area (Å²) in [6.45, 7) is 1.51. The highest BCUT2D eigenvalue weighted by Gasteiger charge is 2.41. The third kappa shape index (κ3) is 4.00. The molecule has 5 rings (SSSR count). The van der Waals surface area contributed by atoms with Crippen LogP contribution in [-0.2, 0) is 22.5 Å². The summed E-state index contributed by atoms with van der Waals surface area (Å²) in [5, 5.41) is 2.84. The summed E-state index contributed by atoms with van der Waals surface area (Å²) in [5.41, 5.74) is 3.95. The molecular weight excluding hydrogens is 404 g/mol. The molecule has 0 unspecified atom stereocenters. The van der Waals surface area contributed by atoms with Gasteiger partial charge in [-0.2, -0.15) is 0 Å². The first-order chi connectivity index (χ1) is 15.6. The number of carbonyl (C=O) groups excluding carboxylic acids is 2. The minimum absolute atomic E-state index is 0.0338. The second-order valence-corrected chi connectivity index (χ2v) is 8.84. The smallest absolute Gasteiger partial charge is 0.256 e. The number of carbonyl (C=O) groups is 2. The molecular formula is C25H28N4O3. The summed E-state index contributed by atoms with van der Waals surface area (Å²) in [6.07, 6.45) is 6.04. The lowest BCUT2D eigenvalue weighted by Gasteiger charge is -2.27. The second-order valence-electron chi connectivity index (χ2n) is 8.84. The van der Waals surface area contributed by atoms with Crippen LogP contribution in [-0.4, -0.2) is 52.6 Å². The summed E-state index contributed by atoms with van der Waals surface area (Å²) in [4.78, 5) is 32.4. The van der Waals surface area contributed by atoms with Crippen molar-refractivity contribution in [2.75, 3.05) is 25.6 Å². The van der Waals surface area contributed by atoms with Gasteiger partial charge in [0.1, 0.15) is 6.61 Å². The highest BCUT2D eigenvalue weighted by molar-refractivity contribution is 6.08. The van der Waals surface area contributed by atoms with Gasteiger partial charge in [-0.3, -0.25) is 9.59 Å². The molecule has 0 radical (unpaired) electrons. The number of methoxy groups -OCH3 is 1. The van der Waals surface area contributed by atoms with E-state index >= 15 is 0 Å². The standard InChI is InChI=1S/C25H28N4O3/c1-32-15-23(30)27-19-12-21(25(31)29-14-18-7-8-20(29)11-18)24-22(13-19)26-16-28(24)10-9-17-5-3-2-4-6-17/h2-6,12-13,16,18,20H,7-11,14-15H2,1H3,(H,27,30)/t18-,20+/m1/s1. The average molecular weight is 433 g/mol. The summed E-state index contributed by atoms with van der Waals surface area (Å²) in [6, 6.07) is 14.2. The van der Waals surface area contributed by atoms with Gasteiger partial charge in [0.2, 0.25) is 5.91 Å². The van der Waals surface area contributed by atoms with Crippen LogP contribution in [0, 0.1) is 5.92 Å². The Kier molecular flexibility index (Phi) is 5.66. The van der Waals surface area contributed by atoms with Crippen LogP contribution in [0.15, 0.2) is 48.8 Å². The summed E-state index contributed by atoms with van der Waals surface area (Å²) < 4.78 is 6.99. The zero-order chi connectivity index (χ0) is 22.1. The number of anilines is 1. The van der Waals surface area contributed by atoms with Gasteiger partial charge < -0.3 is 19.5 Å². The van der Waals surface area contributed by atoms with E-state index in [-0.39, 0.29) is 18.4 Å². The van der Waals surface area contributed by atoms with Crippen LogP contribution in [0.1, 0.15) is 35.2 Å². The predicted octanol–water partition coefficient (Wildman–Crippen LogP) is 3.49. The van der Waals surface area contributed by atoms with Crippen molar-refractivity contribution in [1.82, 2.24) is 14.5 Å². The van der Waals surface area contributed by atoms with E-state index in [4.69, 9.17) is 4.74 Å². The Morgan fingerprint density at radius 2 is 2.03 bits per heavy atom. The van der Waals surface area contributed by atoms with Crippen molar-refractivity contribution < 1.29 is 14.3 Å². The molecule has 32 heavy (non-hydrogen) atoms. The van der Waals surface area contributed by atoms with E-state index in [0.717, 1.165) is 37.9 Å². The van der Waals surface area contributed by atoms with Gasteiger partial charge in [-0.1, -0.05) is 30.3 Å². The number of imidazole rings is 1.